The lowest BCUT2D eigenvalue weighted by Crippen LogP contribution is -2.60. The molecule has 0 aliphatic carbocycles. The highest BCUT2D eigenvalue weighted by atomic mass is 32.2. The summed E-state index contributed by atoms with van der Waals surface area (Å²) in [6.45, 7) is -0.232. The van der Waals surface area contributed by atoms with E-state index in [1.54, 1.807) is 0 Å². The molecule has 0 spiro atoms. The van der Waals surface area contributed by atoms with Gasteiger partial charge in [-0.15, -0.1) is 0 Å². The Morgan fingerprint density at radius 2 is 2.00 bits per heavy atom. The molecule has 0 bridgehead atoms. The first kappa shape index (κ1) is 14.1. The van der Waals surface area contributed by atoms with Gasteiger partial charge in [-0.2, -0.15) is 13.2 Å². The van der Waals surface area contributed by atoms with Crippen molar-refractivity contribution < 1.29 is 26.3 Å². The van der Waals surface area contributed by atoms with Gasteiger partial charge in [0.1, 0.15) is 6.61 Å². The SMILES string of the molecule is O=S1(=O)CCC(C2(COCC(F)(F)F)CNC2)C1. The van der Waals surface area contributed by atoms with E-state index in [4.69, 9.17) is 4.74 Å². The first-order valence-corrected chi connectivity index (χ1v) is 7.60. The van der Waals surface area contributed by atoms with E-state index in [1.807, 2.05) is 0 Å². The maximum absolute atomic E-state index is 12.0. The van der Waals surface area contributed by atoms with Gasteiger partial charge < -0.3 is 10.1 Å². The van der Waals surface area contributed by atoms with Crippen LogP contribution in [-0.4, -0.2) is 52.4 Å². The molecule has 0 saturated carbocycles. The zero-order valence-corrected chi connectivity index (χ0v) is 10.6. The molecule has 4 nitrogen and oxygen atoms in total. The zero-order valence-electron chi connectivity index (χ0n) is 9.79. The second-order valence-electron chi connectivity index (χ2n) is 5.17. The van der Waals surface area contributed by atoms with Gasteiger partial charge in [0.2, 0.25) is 0 Å². The second-order valence-corrected chi connectivity index (χ2v) is 7.40. The lowest BCUT2D eigenvalue weighted by atomic mass is 9.71. The van der Waals surface area contributed by atoms with Crippen molar-refractivity contribution in [2.75, 3.05) is 37.8 Å². The Kier molecular flexibility index (Phi) is 3.63. The number of alkyl halides is 3. The number of hydrogen-bond donors (Lipinski definition) is 1. The molecule has 106 valence electrons. The van der Waals surface area contributed by atoms with Crippen molar-refractivity contribution in [1.82, 2.24) is 5.32 Å². The maximum atomic E-state index is 12.0. The van der Waals surface area contributed by atoms with E-state index < -0.39 is 28.0 Å². The van der Waals surface area contributed by atoms with Crippen molar-refractivity contribution >= 4 is 9.84 Å². The summed E-state index contributed by atoms with van der Waals surface area (Å²) in [6, 6.07) is 0. The number of halogens is 3. The van der Waals surface area contributed by atoms with Gasteiger partial charge in [0.25, 0.3) is 0 Å². The molecule has 1 atom stereocenters. The molecule has 8 heteroatoms. The number of rotatable bonds is 4. The molecule has 1 unspecified atom stereocenters. The van der Waals surface area contributed by atoms with Gasteiger partial charge in [0.05, 0.1) is 18.1 Å². The van der Waals surface area contributed by atoms with Gasteiger partial charge in [0, 0.05) is 18.5 Å². The summed E-state index contributed by atoms with van der Waals surface area (Å²) < 4.78 is 63.6. The first-order chi connectivity index (χ1) is 8.23. The highest BCUT2D eigenvalue weighted by Gasteiger charge is 2.49. The maximum Gasteiger partial charge on any atom is 0.411 e. The molecule has 0 aromatic heterocycles. The van der Waals surface area contributed by atoms with Crippen LogP contribution in [0.25, 0.3) is 0 Å². The average Bonchev–Trinajstić information content (AvgIpc) is 2.49. The summed E-state index contributed by atoms with van der Waals surface area (Å²) in [5, 5.41) is 3.00. The average molecular weight is 287 g/mol. The zero-order chi connectivity index (χ0) is 13.4. The van der Waals surface area contributed by atoms with Gasteiger partial charge in [0.15, 0.2) is 9.84 Å². The number of sulfone groups is 1. The molecule has 18 heavy (non-hydrogen) atoms. The molecule has 2 fully saturated rings. The Morgan fingerprint density at radius 3 is 2.39 bits per heavy atom. The first-order valence-electron chi connectivity index (χ1n) is 5.78. The largest absolute Gasteiger partial charge is 0.411 e. The van der Waals surface area contributed by atoms with Crippen LogP contribution in [0.5, 0.6) is 0 Å². The Labute approximate surface area is 104 Å². The summed E-state index contributed by atoms with van der Waals surface area (Å²) in [6.07, 6.45) is -3.81. The minimum atomic E-state index is -4.33. The molecule has 1 N–H and O–H groups in total. The molecule has 0 radical (unpaired) electrons. The predicted molar refractivity (Wildman–Crippen MR) is 58.9 cm³/mol. The molecule has 0 aromatic rings. The fraction of sp³-hybridized carbons (Fsp3) is 1.00. The third kappa shape index (κ3) is 3.16. The number of ether oxygens (including phenoxy) is 1. The lowest BCUT2D eigenvalue weighted by Gasteiger charge is -2.46. The van der Waals surface area contributed by atoms with Gasteiger partial charge in [-0.3, -0.25) is 0 Å². The third-order valence-corrected chi connectivity index (χ3v) is 5.48. The van der Waals surface area contributed by atoms with Crippen LogP contribution in [-0.2, 0) is 14.6 Å². The summed E-state index contributed by atoms with van der Waals surface area (Å²) in [5.41, 5.74) is -0.436. The molecular formula is C10H16F3NO3S. The Bertz CT molecular complexity index is 403. The van der Waals surface area contributed by atoms with Crippen LogP contribution in [0.3, 0.4) is 0 Å². The molecule has 2 heterocycles. The van der Waals surface area contributed by atoms with E-state index in [0.29, 0.717) is 19.5 Å². The van der Waals surface area contributed by atoms with Crippen LogP contribution < -0.4 is 5.32 Å². The predicted octanol–water partition coefficient (Wildman–Crippen LogP) is 0.590. The Morgan fingerprint density at radius 1 is 1.33 bits per heavy atom. The highest BCUT2D eigenvalue weighted by molar-refractivity contribution is 7.91. The van der Waals surface area contributed by atoms with Gasteiger partial charge in [-0.25, -0.2) is 8.42 Å². The molecule has 2 saturated heterocycles. The van der Waals surface area contributed by atoms with E-state index >= 15 is 0 Å². The summed E-state index contributed by atoms with van der Waals surface area (Å²) in [4.78, 5) is 0. The van der Waals surface area contributed by atoms with Crippen molar-refractivity contribution in [2.45, 2.75) is 12.6 Å². The molecule has 2 rings (SSSR count). The van der Waals surface area contributed by atoms with E-state index in [9.17, 15) is 21.6 Å². The summed E-state index contributed by atoms with van der Waals surface area (Å²) in [5.74, 6) is 0.125. The number of hydrogen-bond acceptors (Lipinski definition) is 4. The van der Waals surface area contributed by atoms with Crippen LogP contribution in [0.4, 0.5) is 13.2 Å². The van der Waals surface area contributed by atoms with Crippen LogP contribution in [0, 0.1) is 11.3 Å². The Hall–Kier alpha value is -0.340. The van der Waals surface area contributed by atoms with E-state index in [1.165, 1.54) is 0 Å². The van der Waals surface area contributed by atoms with Crippen LogP contribution in [0.1, 0.15) is 6.42 Å². The van der Waals surface area contributed by atoms with Crippen molar-refractivity contribution in [3.05, 3.63) is 0 Å². The van der Waals surface area contributed by atoms with E-state index in [2.05, 4.69) is 5.32 Å². The van der Waals surface area contributed by atoms with Crippen LogP contribution in [0.2, 0.25) is 0 Å². The minimum Gasteiger partial charge on any atom is -0.371 e. The van der Waals surface area contributed by atoms with Gasteiger partial charge >= 0.3 is 6.18 Å². The fourth-order valence-corrected chi connectivity index (χ4v) is 4.55. The van der Waals surface area contributed by atoms with E-state index in [-0.39, 0.29) is 24.0 Å². The monoisotopic (exact) mass is 287 g/mol. The normalized spacial score (nSPS) is 30.1. The summed E-state index contributed by atoms with van der Waals surface area (Å²) in [7, 11) is -3.01. The third-order valence-electron chi connectivity index (χ3n) is 3.71. The van der Waals surface area contributed by atoms with Gasteiger partial charge in [-0.05, 0) is 12.3 Å². The second kappa shape index (κ2) is 4.64. The highest BCUT2D eigenvalue weighted by Crippen LogP contribution is 2.39. The standard InChI is InChI=1S/C10H16F3NO3S/c11-10(12,13)7-17-6-9(4-14-5-9)8-1-2-18(15,16)3-8/h8,14H,1-7H2. The number of nitrogens with one attached hydrogen (secondary N) is 1. The quantitative estimate of drug-likeness (QED) is 0.822. The molecule has 2 aliphatic rings. The smallest absolute Gasteiger partial charge is 0.371 e. The summed E-state index contributed by atoms with van der Waals surface area (Å²) >= 11 is 0. The minimum absolute atomic E-state index is 0.0281. The van der Waals surface area contributed by atoms with Crippen LogP contribution in [0.15, 0.2) is 0 Å². The van der Waals surface area contributed by atoms with Crippen molar-refractivity contribution in [3.63, 3.8) is 0 Å². The van der Waals surface area contributed by atoms with E-state index in [0.717, 1.165) is 0 Å². The van der Waals surface area contributed by atoms with Crippen molar-refractivity contribution in [1.29, 1.82) is 0 Å². The van der Waals surface area contributed by atoms with Gasteiger partial charge in [-0.1, -0.05) is 0 Å². The molecule has 0 aromatic carbocycles. The lowest BCUT2D eigenvalue weighted by molar-refractivity contribution is -0.185. The fourth-order valence-electron chi connectivity index (χ4n) is 2.60. The molecule has 0 amide bonds. The molecule has 2 aliphatic heterocycles. The van der Waals surface area contributed by atoms with Crippen molar-refractivity contribution in [2.24, 2.45) is 11.3 Å². The van der Waals surface area contributed by atoms with Crippen molar-refractivity contribution in [3.8, 4) is 0 Å². The molecular weight excluding hydrogens is 271 g/mol. The topological polar surface area (TPSA) is 55.4 Å². The van der Waals surface area contributed by atoms with Crippen LogP contribution >= 0.6 is 0 Å². The Balaban J connectivity index is 1.91.